The van der Waals surface area contributed by atoms with Crippen LogP contribution in [0.15, 0.2) is 47.4 Å². The van der Waals surface area contributed by atoms with E-state index in [0.717, 1.165) is 17.7 Å². The van der Waals surface area contributed by atoms with Crippen LogP contribution in [0.4, 0.5) is 10.1 Å². The second-order valence-electron chi connectivity index (χ2n) is 7.37. The number of nitrogens with zero attached hydrogens (tertiary/aromatic N) is 2. The lowest BCUT2D eigenvalue weighted by molar-refractivity contribution is -0.136. The molecule has 1 fully saturated rings. The zero-order chi connectivity index (χ0) is 23.3. The zero-order valence-corrected chi connectivity index (χ0v) is 19.0. The number of piperazine rings is 1. The van der Waals surface area contributed by atoms with E-state index in [4.69, 9.17) is 11.6 Å². The van der Waals surface area contributed by atoms with Gasteiger partial charge in [0.15, 0.2) is 0 Å². The van der Waals surface area contributed by atoms with E-state index in [1.807, 2.05) is 11.8 Å². The van der Waals surface area contributed by atoms with Crippen molar-refractivity contribution < 1.29 is 22.4 Å². The molecular weight excluding hydrogens is 459 g/mol. The number of hydrogen-bond acceptors (Lipinski definition) is 5. The maximum Gasteiger partial charge on any atom is 0.313 e. The minimum atomic E-state index is -3.68. The Balaban J connectivity index is 1.42. The molecule has 3 rings (SSSR count). The van der Waals surface area contributed by atoms with Crippen LogP contribution in [0.3, 0.4) is 0 Å². The van der Waals surface area contributed by atoms with Gasteiger partial charge >= 0.3 is 11.8 Å². The quantitative estimate of drug-likeness (QED) is 0.612. The van der Waals surface area contributed by atoms with Crippen molar-refractivity contribution in [1.82, 2.24) is 14.5 Å². The van der Waals surface area contributed by atoms with E-state index >= 15 is 0 Å². The van der Waals surface area contributed by atoms with Gasteiger partial charge in [-0.25, -0.2) is 12.8 Å². The number of hydrogen-bond donors (Lipinski definition) is 2. The minimum Gasteiger partial charge on any atom is -0.347 e. The fourth-order valence-electron chi connectivity index (χ4n) is 3.22. The van der Waals surface area contributed by atoms with Gasteiger partial charge in [0.2, 0.25) is 10.0 Å². The van der Waals surface area contributed by atoms with Crippen LogP contribution in [0.5, 0.6) is 0 Å². The number of sulfonamides is 1. The minimum absolute atomic E-state index is 0.0560. The van der Waals surface area contributed by atoms with Gasteiger partial charge in [-0.1, -0.05) is 17.7 Å². The number of nitrogens with one attached hydrogen (secondary N) is 2. The summed E-state index contributed by atoms with van der Waals surface area (Å²) in [7, 11) is -3.68. The van der Waals surface area contributed by atoms with Crippen LogP contribution in [-0.4, -0.2) is 68.7 Å². The number of benzene rings is 2. The van der Waals surface area contributed by atoms with Crippen molar-refractivity contribution in [1.29, 1.82) is 0 Å². The third-order valence-corrected chi connectivity index (χ3v) is 7.45. The first-order valence-electron chi connectivity index (χ1n) is 10.0. The molecule has 1 saturated heterocycles. The first-order chi connectivity index (χ1) is 15.2. The van der Waals surface area contributed by atoms with Gasteiger partial charge in [0, 0.05) is 50.0 Å². The summed E-state index contributed by atoms with van der Waals surface area (Å²) < 4.78 is 39.7. The molecule has 0 atom stereocenters. The normalized spacial score (nSPS) is 15.3. The summed E-state index contributed by atoms with van der Waals surface area (Å²) in [5.41, 5.74) is 1.29. The third kappa shape index (κ3) is 6.04. The summed E-state index contributed by atoms with van der Waals surface area (Å²) in [6.07, 6.45) is 0. The molecule has 172 valence electrons. The van der Waals surface area contributed by atoms with Crippen LogP contribution < -0.4 is 10.6 Å². The summed E-state index contributed by atoms with van der Waals surface area (Å²) in [6.45, 7) is 4.06. The second kappa shape index (κ2) is 10.4. The molecule has 0 aromatic heterocycles. The van der Waals surface area contributed by atoms with E-state index in [0.29, 0.717) is 30.3 Å². The number of aryl methyl sites for hydroxylation is 1. The largest absolute Gasteiger partial charge is 0.347 e. The van der Waals surface area contributed by atoms with Gasteiger partial charge in [0.25, 0.3) is 0 Å². The van der Waals surface area contributed by atoms with Crippen molar-refractivity contribution in [2.45, 2.75) is 11.8 Å². The van der Waals surface area contributed by atoms with Gasteiger partial charge in [0.1, 0.15) is 5.82 Å². The number of rotatable bonds is 6. The van der Waals surface area contributed by atoms with E-state index in [1.165, 1.54) is 16.4 Å². The standard InChI is InChI=1S/C21H24ClFN4O4S/c1-15-2-5-17(14-19(15)22)25-21(29)20(28)24-8-9-26-10-12-27(13-11-26)32(30,31)18-6-3-16(23)4-7-18/h2-7,14H,8-13H2,1H3,(H,24,28)(H,25,29). The number of halogens is 2. The lowest BCUT2D eigenvalue weighted by Gasteiger charge is -2.33. The molecule has 2 N–H and O–H groups in total. The fourth-order valence-corrected chi connectivity index (χ4v) is 4.82. The van der Waals surface area contributed by atoms with Gasteiger partial charge < -0.3 is 10.6 Å². The molecule has 2 amide bonds. The van der Waals surface area contributed by atoms with E-state index < -0.39 is 27.7 Å². The highest BCUT2D eigenvalue weighted by Gasteiger charge is 2.28. The molecular formula is C21H24ClFN4O4S. The summed E-state index contributed by atoms with van der Waals surface area (Å²) in [4.78, 5) is 26.1. The molecule has 0 spiro atoms. The third-order valence-electron chi connectivity index (χ3n) is 5.13. The Morgan fingerprint density at radius 1 is 1.03 bits per heavy atom. The average Bonchev–Trinajstić information content (AvgIpc) is 2.77. The highest BCUT2D eigenvalue weighted by Crippen LogP contribution is 2.20. The molecule has 2 aromatic rings. The molecule has 0 radical (unpaired) electrons. The Hall–Kier alpha value is -2.53. The SMILES string of the molecule is Cc1ccc(NC(=O)C(=O)NCCN2CCN(S(=O)(=O)c3ccc(F)cc3)CC2)cc1Cl. The van der Waals surface area contributed by atoms with Crippen LogP contribution in [0.2, 0.25) is 5.02 Å². The first-order valence-corrected chi connectivity index (χ1v) is 11.8. The zero-order valence-electron chi connectivity index (χ0n) is 17.5. The number of anilines is 1. The summed E-state index contributed by atoms with van der Waals surface area (Å²) in [5, 5.41) is 5.54. The van der Waals surface area contributed by atoms with Gasteiger partial charge in [-0.15, -0.1) is 0 Å². The maximum atomic E-state index is 13.1. The molecule has 0 unspecified atom stereocenters. The predicted octanol–water partition coefficient (Wildman–Crippen LogP) is 1.85. The molecule has 0 aliphatic carbocycles. The van der Waals surface area contributed by atoms with E-state index in [-0.39, 0.29) is 24.5 Å². The van der Waals surface area contributed by atoms with Crippen LogP contribution in [0, 0.1) is 12.7 Å². The predicted molar refractivity (Wildman–Crippen MR) is 119 cm³/mol. The molecule has 1 aliphatic rings. The summed E-state index contributed by atoms with van der Waals surface area (Å²) >= 11 is 6.01. The van der Waals surface area contributed by atoms with Crippen molar-refractivity contribution in [3.8, 4) is 0 Å². The maximum absolute atomic E-state index is 13.1. The Bertz CT molecular complexity index is 1090. The number of carbonyl (C=O) groups is 2. The van der Waals surface area contributed by atoms with Crippen LogP contribution in [0.1, 0.15) is 5.56 Å². The molecule has 0 bridgehead atoms. The van der Waals surface area contributed by atoms with E-state index in [9.17, 15) is 22.4 Å². The lowest BCUT2D eigenvalue weighted by atomic mass is 10.2. The molecule has 0 saturated carbocycles. The van der Waals surface area contributed by atoms with Gasteiger partial charge in [-0.05, 0) is 48.9 Å². The van der Waals surface area contributed by atoms with E-state index in [1.54, 1.807) is 18.2 Å². The van der Waals surface area contributed by atoms with Gasteiger partial charge in [-0.3, -0.25) is 14.5 Å². The molecule has 1 aliphatic heterocycles. The van der Waals surface area contributed by atoms with E-state index in [2.05, 4.69) is 10.6 Å². The monoisotopic (exact) mass is 482 g/mol. The highest BCUT2D eigenvalue weighted by atomic mass is 35.5. The summed E-state index contributed by atoms with van der Waals surface area (Å²) in [5.74, 6) is -2.05. The Kier molecular flexibility index (Phi) is 7.83. The molecule has 8 nitrogen and oxygen atoms in total. The highest BCUT2D eigenvalue weighted by molar-refractivity contribution is 7.89. The average molecular weight is 483 g/mol. The van der Waals surface area contributed by atoms with Gasteiger partial charge in [-0.2, -0.15) is 4.31 Å². The van der Waals surface area contributed by atoms with Crippen molar-refractivity contribution in [3.63, 3.8) is 0 Å². The molecule has 1 heterocycles. The van der Waals surface area contributed by atoms with Crippen molar-refractivity contribution in [3.05, 3.63) is 58.9 Å². The van der Waals surface area contributed by atoms with Crippen molar-refractivity contribution in [2.75, 3.05) is 44.6 Å². The van der Waals surface area contributed by atoms with Crippen LogP contribution in [-0.2, 0) is 19.6 Å². The first kappa shape index (κ1) is 24.1. The number of carbonyl (C=O) groups excluding carboxylic acids is 2. The Morgan fingerprint density at radius 2 is 1.69 bits per heavy atom. The molecule has 2 aromatic carbocycles. The second-order valence-corrected chi connectivity index (χ2v) is 9.72. The molecule has 11 heteroatoms. The lowest BCUT2D eigenvalue weighted by Crippen LogP contribution is -2.50. The topological polar surface area (TPSA) is 98.8 Å². The van der Waals surface area contributed by atoms with Crippen LogP contribution in [0.25, 0.3) is 0 Å². The van der Waals surface area contributed by atoms with Crippen molar-refractivity contribution in [2.24, 2.45) is 0 Å². The summed E-state index contributed by atoms with van der Waals surface area (Å²) in [6, 6.07) is 9.72. The van der Waals surface area contributed by atoms with Crippen LogP contribution >= 0.6 is 11.6 Å². The van der Waals surface area contributed by atoms with Crippen molar-refractivity contribution >= 4 is 39.1 Å². The smallest absolute Gasteiger partial charge is 0.313 e. The Labute approximate surface area is 191 Å². The molecule has 32 heavy (non-hydrogen) atoms. The number of amides is 2. The van der Waals surface area contributed by atoms with Gasteiger partial charge in [0.05, 0.1) is 4.90 Å². The fraction of sp³-hybridized carbons (Fsp3) is 0.333. The Morgan fingerprint density at radius 3 is 2.31 bits per heavy atom.